The molecule has 1 heteroatoms. The minimum Gasteiger partial charge on any atom is -0.300 e. The third-order valence-corrected chi connectivity index (χ3v) is 4.04. The van der Waals surface area contributed by atoms with Crippen LogP contribution in [0.3, 0.4) is 0 Å². The molecule has 0 unspecified atom stereocenters. The van der Waals surface area contributed by atoms with Crippen LogP contribution in [0, 0.1) is 11.8 Å². The lowest BCUT2D eigenvalue weighted by Gasteiger charge is -2.42. The van der Waals surface area contributed by atoms with Crippen LogP contribution in [0.25, 0.3) is 0 Å². The second kappa shape index (κ2) is 4.65. The highest BCUT2D eigenvalue weighted by Crippen LogP contribution is 2.30. The van der Waals surface area contributed by atoms with Crippen LogP contribution in [-0.4, -0.2) is 24.0 Å². The Morgan fingerprint density at radius 2 is 1.71 bits per heavy atom. The summed E-state index contributed by atoms with van der Waals surface area (Å²) in [6.07, 6.45) is 8.84. The van der Waals surface area contributed by atoms with Gasteiger partial charge in [-0.05, 0) is 57.0 Å². The molecule has 1 aliphatic carbocycles. The number of likely N-dealkylation sites (tertiary alicyclic amines) is 1. The first kappa shape index (κ1) is 10.5. The molecule has 2 rings (SSSR count). The van der Waals surface area contributed by atoms with Crippen molar-refractivity contribution in [3.05, 3.63) is 0 Å². The molecule has 0 aromatic heterocycles. The zero-order chi connectivity index (χ0) is 9.97. The van der Waals surface area contributed by atoms with Crippen LogP contribution in [0.1, 0.15) is 52.4 Å². The summed E-state index contributed by atoms with van der Waals surface area (Å²) >= 11 is 0. The number of hydrogen-bond donors (Lipinski definition) is 0. The standard InChI is InChI=1S/C13H25N/c1-11(2)10-12-6-8-14(9-7-12)13-4-3-5-13/h11-13H,3-10H2,1-2H3. The molecule has 0 amide bonds. The first-order chi connectivity index (χ1) is 6.75. The van der Waals surface area contributed by atoms with Gasteiger partial charge >= 0.3 is 0 Å². The lowest BCUT2D eigenvalue weighted by atomic mass is 9.85. The molecule has 2 aliphatic rings. The van der Waals surface area contributed by atoms with Crippen LogP contribution in [0.5, 0.6) is 0 Å². The average Bonchev–Trinajstić information content (AvgIpc) is 2.04. The lowest BCUT2D eigenvalue weighted by Crippen LogP contribution is -2.44. The number of rotatable bonds is 3. The van der Waals surface area contributed by atoms with E-state index in [1.807, 2.05) is 0 Å². The van der Waals surface area contributed by atoms with Gasteiger partial charge in [0, 0.05) is 6.04 Å². The van der Waals surface area contributed by atoms with Crippen molar-refractivity contribution in [2.45, 2.75) is 58.4 Å². The van der Waals surface area contributed by atoms with Gasteiger partial charge in [0.15, 0.2) is 0 Å². The number of hydrogen-bond acceptors (Lipinski definition) is 1. The maximum atomic E-state index is 2.75. The molecule has 0 atom stereocenters. The van der Waals surface area contributed by atoms with Crippen LogP contribution in [0.4, 0.5) is 0 Å². The Balaban J connectivity index is 1.69. The maximum Gasteiger partial charge on any atom is 0.00952 e. The van der Waals surface area contributed by atoms with Crippen molar-refractivity contribution >= 4 is 0 Å². The Morgan fingerprint density at radius 1 is 1.07 bits per heavy atom. The van der Waals surface area contributed by atoms with Gasteiger partial charge in [-0.3, -0.25) is 0 Å². The fraction of sp³-hybridized carbons (Fsp3) is 1.00. The largest absolute Gasteiger partial charge is 0.300 e. The Bertz CT molecular complexity index is 164. The molecule has 0 spiro atoms. The molecule has 1 nitrogen and oxygen atoms in total. The zero-order valence-corrected chi connectivity index (χ0v) is 9.84. The van der Waals surface area contributed by atoms with E-state index in [0.29, 0.717) is 0 Å². The van der Waals surface area contributed by atoms with Crippen molar-refractivity contribution in [2.24, 2.45) is 11.8 Å². The summed E-state index contributed by atoms with van der Waals surface area (Å²) in [5.74, 6) is 1.93. The monoisotopic (exact) mass is 195 g/mol. The van der Waals surface area contributed by atoms with Crippen molar-refractivity contribution in [1.29, 1.82) is 0 Å². The summed E-state index contributed by atoms with van der Waals surface area (Å²) in [6, 6.07) is 0.981. The van der Waals surface area contributed by atoms with Crippen molar-refractivity contribution in [2.75, 3.05) is 13.1 Å². The summed E-state index contributed by atoms with van der Waals surface area (Å²) in [4.78, 5) is 2.75. The Kier molecular flexibility index (Phi) is 3.48. The van der Waals surface area contributed by atoms with Gasteiger partial charge in [-0.1, -0.05) is 20.3 Å². The van der Waals surface area contributed by atoms with Gasteiger partial charge in [0.25, 0.3) is 0 Å². The third kappa shape index (κ3) is 2.50. The summed E-state index contributed by atoms with van der Waals surface area (Å²) in [5, 5.41) is 0. The molecule has 2 fully saturated rings. The number of piperidine rings is 1. The van der Waals surface area contributed by atoms with Gasteiger partial charge in [0.1, 0.15) is 0 Å². The van der Waals surface area contributed by atoms with Crippen molar-refractivity contribution in [3.63, 3.8) is 0 Å². The molecule has 14 heavy (non-hydrogen) atoms. The molecule has 1 heterocycles. The van der Waals surface area contributed by atoms with E-state index in [4.69, 9.17) is 0 Å². The van der Waals surface area contributed by atoms with Gasteiger partial charge in [0.2, 0.25) is 0 Å². The summed E-state index contributed by atoms with van der Waals surface area (Å²) in [5.41, 5.74) is 0. The molecule has 0 aromatic rings. The highest BCUT2D eigenvalue weighted by molar-refractivity contribution is 4.83. The second-order valence-corrected chi connectivity index (χ2v) is 5.69. The van der Waals surface area contributed by atoms with E-state index in [9.17, 15) is 0 Å². The highest BCUT2D eigenvalue weighted by atomic mass is 15.2. The highest BCUT2D eigenvalue weighted by Gasteiger charge is 2.28. The average molecular weight is 195 g/mol. The van der Waals surface area contributed by atoms with E-state index in [-0.39, 0.29) is 0 Å². The van der Waals surface area contributed by atoms with E-state index in [1.165, 1.54) is 51.6 Å². The second-order valence-electron chi connectivity index (χ2n) is 5.69. The van der Waals surface area contributed by atoms with E-state index in [2.05, 4.69) is 18.7 Å². The minimum atomic E-state index is 0.898. The molecule has 0 bridgehead atoms. The minimum absolute atomic E-state index is 0.898. The summed E-state index contributed by atoms with van der Waals surface area (Å²) < 4.78 is 0. The molecular formula is C13H25N. The molecule has 0 radical (unpaired) electrons. The van der Waals surface area contributed by atoms with Gasteiger partial charge in [-0.15, -0.1) is 0 Å². The maximum absolute atomic E-state index is 2.75. The van der Waals surface area contributed by atoms with Gasteiger partial charge in [-0.2, -0.15) is 0 Å². The molecule has 1 saturated heterocycles. The van der Waals surface area contributed by atoms with E-state index < -0.39 is 0 Å². The molecule has 1 saturated carbocycles. The number of nitrogens with zero attached hydrogens (tertiary/aromatic N) is 1. The van der Waals surface area contributed by atoms with Crippen LogP contribution in [0.15, 0.2) is 0 Å². The summed E-state index contributed by atoms with van der Waals surface area (Å²) in [7, 11) is 0. The molecule has 0 N–H and O–H groups in total. The molecule has 82 valence electrons. The van der Waals surface area contributed by atoms with Crippen LogP contribution >= 0.6 is 0 Å². The van der Waals surface area contributed by atoms with E-state index in [1.54, 1.807) is 0 Å². The third-order valence-electron chi connectivity index (χ3n) is 4.04. The van der Waals surface area contributed by atoms with Crippen LogP contribution in [-0.2, 0) is 0 Å². The first-order valence-electron chi connectivity index (χ1n) is 6.49. The Morgan fingerprint density at radius 3 is 2.14 bits per heavy atom. The van der Waals surface area contributed by atoms with E-state index in [0.717, 1.165) is 17.9 Å². The summed E-state index contributed by atoms with van der Waals surface area (Å²) in [6.45, 7) is 7.50. The van der Waals surface area contributed by atoms with Crippen molar-refractivity contribution in [3.8, 4) is 0 Å². The predicted molar refractivity (Wildman–Crippen MR) is 61.4 cm³/mol. The van der Waals surface area contributed by atoms with Gasteiger partial charge < -0.3 is 4.90 Å². The van der Waals surface area contributed by atoms with Crippen LogP contribution < -0.4 is 0 Å². The van der Waals surface area contributed by atoms with Crippen molar-refractivity contribution in [1.82, 2.24) is 4.90 Å². The Hall–Kier alpha value is -0.0400. The zero-order valence-electron chi connectivity index (χ0n) is 9.84. The molecule has 0 aromatic carbocycles. The van der Waals surface area contributed by atoms with Gasteiger partial charge in [-0.25, -0.2) is 0 Å². The predicted octanol–water partition coefficient (Wildman–Crippen LogP) is 3.30. The molecular weight excluding hydrogens is 170 g/mol. The van der Waals surface area contributed by atoms with Gasteiger partial charge in [0.05, 0.1) is 0 Å². The SMILES string of the molecule is CC(C)CC1CCN(C2CCC2)CC1. The van der Waals surface area contributed by atoms with Crippen molar-refractivity contribution < 1.29 is 0 Å². The van der Waals surface area contributed by atoms with E-state index >= 15 is 0 Å². The van der Waals surface area contributed by atoms with Crippen LogP contribution in [0.2, 0.25) is 0 Å². The Labute approximate surface area is 88.9 Å². The topological polar surface area (TPSA) is 3.24 Å². The lowest BCUT2D eigenvalue weighted by molar-refractivity contribution is 0.0798. The fourth-order valence-electron chi connectivity index (χ4n) is 2.97. The smallest absolute Gasteiger partial charge is 0.00952 e. The normalized spacial score (nSPS) is 26.8. The molecule has 1 aliphatic heterocycles. The first-order valence-corrected chi connectivity index (χ1v) is 6.49. The fourth-order valence-corrected chi connectivity index (χ4v) is 2.97. The quantitative estimate of drug-likeness (QED) is 0.668.